The number of amides is 2. The molecule has 0 aromatic heterocycles. The summed E-state index contributed by atoms with van der Waals surface area (Å²) in [5, 5.41) is 19.8. The number of hydrogen-bond donors (Lipinski definition) is 2. The van der Waals surface area contributed by atoms with Crippen molar-refractivity contribution < 1.29 is 28.6 Å². The molecule has 1 aromatic rings. The molecule has 23 heavy (non-hydrogen) atoms. The van der Waals surface area contributed by atoms with Gasteiger partial charge in [-0.3, -0.25) is 14.4 Å². The molecule has 1 heterocycles. The molecule has 9 heteroatoms. The Morgan fingerprint density at radius 3 is 2.78 bits per heavy atom. The molecule has 1 unspecified atom stereocenters. The SMILES string of the molecule is COc1cc(F)c2c(c1)C(C#N)N(CC(=O)NCC(=O)O)C2=O. The van der Waals surface area contributed by atoms with Crippen molar-refractivity contribution in [2.24, 2.45) is 0 Å². The van der Waals surface area contributed by atoms with Gasteiger partial charge in [0.15, 0.2) is 0 Å². The van der Waals surface area contributed by atoms with Crippen LogP contribution in [0.15, 0.2) is 12.1 Å². The maximum Gasteiger partial charge on any atom is 0.322 e. The van der Waals surface area contributed by atoms with Crippen molar-refractivity contribution in [3.05, 3.63) is 29.1 Å². The Morgan fingerprint density at radius 2 is 2.22 bits per heavy atom. The predicted molar refractivity (Wildman–Crippen MR) is 73.0 cm³/mol. The standard InChI is InChI=1S/C14H12FN3O5/c1-23-7-2-8-10(4-16)18(6-11(19)17-5-12(20)21)14(22)13(8)9(15)3-7/h2-3,10H,5-6H2,1H3,(H,17,19)(H,20,21). The fraction of sp³-hybridized carbons (Fsp3) is 0.286. The number of methoxy groups -OCH3 is 1. The molecule has 8 nitrogen and oxygen atoms in total. The molecule has 1 aromatic carbocycles. The largest absolute Gasteiger partial charge is 0.497 e. The number of nitrogens with one attached hydrogen (secondary N) is 1. The van der Waals surface area contributed by atoms with Crippen LogP contribution in [-0.4, -0.2) is 48.0 Å². The number of nitriles is 1. The van der Waals surface area contributed by atoms with E-state index in [2.05, 4.69) is 5.32 Å². The molecule has 1 atom stereocenters. The molecule has 0 saturated heterocycles. The van der Waals surface area contributed by atoms with E-state index < -0.39 is 42.7 Å². The highest BCUT2D eigenvalue weighted by atomic mass is 19.1. The number of benzene rings is 1. The smallest absolute Gasteiger partial charge is 0.322 e. The molecule has 1 aliphatic rings. The number of ether oxygens (including phenoxy) is 1. The van der Waals surface area contributed by atoms with Crippen molar-refractivity contribution in [1.29, 1.82) is 5.26 Å². The van der Waals surface area contributed by atoms with E-state index in [9.17, 15) is 24.0 Å². The number of aliphatic carboxylic acids is 1. The zero-order valence-corrected chi connectivity index (χ0v) is 12.0. The van der Waals surface area contributed by atoms with Crippen LogP contribution < -0.4 is 10.1 Å². The van der Waals surface area contributed by atoms with Gasteiger partial charge >= 0.3 is 5.97 Å². The van der Waals surface area contributed by atoms with Crippen molar-refractivity contribution in [3.8, 4) is 11.8 Å². The van der Waals surface area contributed by atoms with Gasteiger partial charge in [0.1, 0.15) is 30.7 Å². The van der Waals surface area contributed by atoms with Gasteiger partial charge < -0.3 is 20.1 Å². The predicted octanol–water partition coefficient (Wildman–Crippen LogP) is 0.0556. The molecule has 2 N–H and O–H groups in total. The van der Waals surface area contributed by atoms with Crippen LogP contribution in [0, 0.1) is 17.1 Å². The maximum atomic E-state index is 14.0. The molecule has 2 rings (SSSR count). The number of rotatable bonds is 5. The first-order valence-electron chi connectivity index (χ1n) is 6.45. The lowest BCUT2D eigenvalue weighted by molar-refractivity contribution is -0.138. The van der Waals surface area contributed by atoms with Crippen molar-refractivity contribution in [2.45, 2.75) is 6.04 Å². The minimum atomic E-state index is -1.25. The highest BCUT2D eigenvalue weighted by Crippen LogP contribution is 2.37. The number of carbonyl (C=O) groups is 3. The van der Waals surface area contributed by atoms with Gasteiger partial charge in [-0.25, -0.2) is 4.39 Å². The molecule has 0 radical (unpaired) electrons. The lowest BCUT2D eigenvalue weighted by Crippen LogP contribution is -2.40. The summed E-state index contributed by atoms with van der Waals surface area (Å²) in [7, 11) is 1.32. The van der Waals surface area contributed by atoms with Crippen LogP contribution in [0.25, 0.3) is 0 Å². The third kappa shape index (κ3) is 3.06. The van der Waals surface area contributed by atoms with Gasteiger partial charge in [0, 0.05) is 11.6 Å². The number of carboxylic acids is 1. The Kier molecular flexibility index (Phi) is 4.45. The lowest BCUT2D eigenvalue weighted by Gasteiger charge is -2.19. The lowest BCUT2D eigenvalue weighted by atomic mass is 10.0. The topological polar surface area (TPSA) is 120 Å². The van der Waals surface area contributed by atoms with Gasteiger partial charge in [-0.05, 0) is 6.07 Å². The molecule has 0 fully saturated rings. The Hall–Kier alpha value is -3.15. The number of nitrogens with zero attached hydrogens (tertiary/aromatic N) is 2. The number of carboxylic acid groups (broad SMARTS) is 1. The van der Waals surface area contributed by atoms with Crippen molar-refractivity contribution >= 4 is 17.8 Å². The quantitative estimate of drug-likeness (QED) is 0.791. The van der Waals surface area contributed by atoms with E-state index >= 15 is 0 Å². The van der Waals surface area contributed by atoms with Crippen LogP contribution in [0.3, 0.4) is 0 Å². The molecule has 0 bridgehead atoms. The van der Waals surface area contributed by atoms with E-state index in [1.165, 1.54) is 13.2 Å². The molecular weight excluding hydrogens is 309 g/mol. The second-order valence-electron chi connectivity index (χ2n) is 4.71. The summed E-state index contributed by atoms with van der Waals surface area (Å²) in [5.41, 5.74) is -0.177. The average molecular weight is 321 g/mol. The normalized spacial score (nSPS) is 15.8. The van der Waals surface area contributed by atoms with Crippen LogP contribution in [0.5, 0.6) is 5.75 Å². The number of halogens is 1. The van der Waals surface area contributed by atoms with Crippen LogP contribution in [-0.2, 0) is 9.59 Å². The summed E-state index contributed by atoms with van der Waals surface area (Å²) >= 11 is 0. The van der Waals surface area contributed by atoms with E-state index in [1.54, 1.807) is 0 Å². The Labute approximate surface area is 130 Å². The van der Waals surface area contributed by atoms with Gasteiger partial charge in [0.25, 0.3) is 5.91 Å². The first-order valence-corrected chi connectivity index (χ1v) is 6.45. The summed E-state index contributed by atoms with van der Waals surface area (Å²) < 4.78 is 19.0. The molecule has 2 amide bonds. The second-order valence-corrected chi connectivity index (χ2v) is 4.71. The Morgan fingerprint density at radius 1 is 1.52 bits per heavy atom. The van der Waals surface area contributed by atoms with Crippen LogP contribution >= 0.6 is 0 Å². The molecule has 0 spiro atoms. The van der Waals surface area contributed by atoms with Crippen LogP contribution in [0.2, 0.25) is 0 Å². The third-order valence-corrected chi connectivity index (χ3v) is 3.28. The van der Waals surface area contributed by atoms with Gasteiger partial charge in [-0.1, -0.05) is 0 Å². The first kappa shape index (κ1) is 16.2. The van der Waals surface area contributed by atoms with Crippen molar-refractivity contribution in [2.75, 3.05) is 20.2 Å². The van der Waals surface area contributed by atoms with Crippen molar-refractivity contribution in [1.82, 2.24) is 10.2 Å². The molecule has 0 saturated carbocycles. The summed E-state index contributed by atoms with van der Waals surface area (Å²) in [6.07, 6.45) is 0. The van der Waals surface area contributed by atoms with E-state index in [0.29, 0.717) is 0 Å². The molecule has 0 aliphatic carbocycles. The number of hydrogen-bond acceptors (Lipinski definition) is 5. The highest BCUT2D eigenvalue weighted by Gasteiger charge is 2.40. The minimum Gasteiger partial charge on any atom is -0.497 e. The Bertz CT molecular complexity index is 728. The van der Waals surface area contributed by atoms with Gasteiger partial charge in [-0.15, -0.1) is 0 Å². The average Bonchev–Trinajstić information content (AvgIpc) is 2.77. The van der Waals surface area contributed by atoms with Gasteiger partial charge in [0.2, 0.25) is 5.91 Å². The van der Waals surface area contributed by atoms with Crippen molar-refractivity contribution in [3.63, 3.8) is 0 Å². The minimum absolute atomic E-state index is 0.111. The zero-order chi connectivity index (χ0) is 17.1. The van der Waals surface area contributed by atoms with E-state index in [0.717, 1.165) is 11.0 Å². The number of fused-ring (bicyclic) bond motifs is 1. The van der Waals surface area contributed by atoms with E-state index in [4.69, 9.17) is 9.84 Å². The van der Waals surface area contributed by atoms with Gasteiger partial charge in [-0.2, -0.15) is 5.26 Å². The van der Waals surface area contributed by atoms with E-state index in [-0.39, 0.29) is 16.9 Å². The summed E-state index contributed by atoms with van der Waals surface area (Å²) in [5.74, 6) is -3.52. The van der Waals surface area contributed by atoms with E-state index in [1.807, 2.05) is 6.07 Å². The van der Waals surface area contributed by atoms with Crippen LogP contribution in [0.1, 0.15) is 22.0 Å². The third-order valence-electron chi connectivity index (χ3n) is 3.28. The number of carbonyl (C=O) groups excluding carboxylic acids is 2. The summed E-state index contributed by atoms with van der Waals surface area (Å²) in [4.78, 5) is 35.2. The molecule has 120 valence electrons. The monoisotopic (exact) mass is 321 g/mol. The summed E-state index contributed by atoms with van der Waals surface area (Å²) in [6, 6.07) is 3.05. The van der Waals surface area contributed by atoms with Crippen LogP contribution in [0.4, 0.5) is 4.39 Å². The molecule has 1 aliphatic heterocycles. The first-order chi connectivity index (χ1) is 10.9. The summed E-state index contributed by atoms with van der Waals surface area (Å²) in [6.45, 7) is -1.17. The zero-order valence-electron chi connectivity index (χ0n) is 12.0. The fourth-order valence-corrected chi connectivity index (χ4v) is 2.28. The fourth-order valence-electron chi connectivity index (χ4n) is 2.28. The maximum absolute atomic E-state index is 14.0. The molecular formula is C14H12FN3O5. The van der Waals surface area contributed by atoms with Gasteiger partial charge in [0.05, 0.1) is 18.7 Å². The second kappa shape index (κ2) is 6.31. The highest BCUT2D eigenvalue weighted by molar-refractivity contribution is 6.02. The Balaban J connectivity index is 2.28.